The van der Waals surface area contributed by atoms with Crippen LogP contribution in [0.2, 0.25) is 0 Å². The number of aromatic amines is 1. The molecule has 0 bridgehead atoms. The van der Waals surface area contributed by atoms with Crippen LogP contribution in [-0.2, 0) is 0 Å². The molecule has 2 aromatic heterocycles. The van der Waals surface area contributed by atoms with Crippen LogP contribution in [-0.4, -0.2) is 40.1 Å². The first-order valence-corrected chi connectivity index (χ1v) is 7.03. The van der Waals surface area contributed by atoms with Crippen molar-refractivity contribution in [3.8, 4) is 6.07 Å². The van der Waals surface area contributed by atoms with Crippen molar-refractivity contribution in [1.29, 1.82) is 5.26 Å². The summed E-state index contributed by atoms with van der Waals surface area (Å²) in [6.07, 6.45) is 6.91. The smallest absolute Gasteiger partial charge is 0.144 e. The summed E-state index contributed by atoms with van der Waals surface area (Å²) < 4.78 is 0. The third-order valence-corrected chi connectivity index (χ3v) is 4.56. The van der Waals surface area contributed by atoms with Gasteiger partial charge in [0.05, 0.1) is 10.9 Å². The molecule has 2 aliphatic rings. The molecule has 0 aliphatic carbocycles. The number of fused-ring (bicyclic) bond motifs is 1. The maximum absolute atomic E-state index is 9.24. The van der Waals surface area contributed by atoms with E-state index in [2.05, 4.69) is 31.2 Å². The molecule has 4 rings (SSSR count). The van der Waals surface area contributed by atoms with Crippen molar-refractivity contribution in [2.45, 2.75) is 24.8 Å². The third kappa shape index (κ3) is 1.60. The fourth-order valence-corrected chi connectivity index (χ4v) is 3.54. The average Bonchev–Trinajstić information content (AvgIpc) is 3.20. The minimum atomic E-state index is 0.250. The molecule has 2 aromatic rings. The lowest BCUT2D eigenvalue weighted by Gasteiger charge is -2.25. The van der Waals surface area contributed by atoms with Gasteiger partial charge >= 0.3 is 0 Å². The Labute approximate surface area is 116 Å². The highest BCUT2D eigenvalue weighted by Crippen LogP contribution is 2.35. The first-order chi connectivity index (χ1) is 9.81. The van der Waals surface area contributed by atoms with Crippen molar-refractivity contribution in [1.82, 2.24) is 20.3 Å². The van der Waals surface area contributed by atoms with Gasteiger partial charge < -0.3 is 15.2 Å². The molecule has 1 spiro atoms. The zero-order valence-corrected chi connectivity index (χ0v) is 11.2. The van der Waals surface area contributed by atoms with Gasteiger partial charge in [0.2, 0.25) is 0 Å². The van der Waals surface area contributed by atoms with Crippen LogP contribution in [0.25, 0.3) is 11.0 Å². The summed E-state index contributed by atoms with van der Waals surface area (Å²) in [7, 11) is 0. The fourth-order valence-electron chi connectivity index (χ4n) is 3.54. The van der Waals surface area contributed by atoms with E-state index in [1.165, 1.54) is 12.8 Å². The van der Waals surface area contributed by atoms with Crippen LogP contribution in [0.4, 0.5) is 5.82 Å². The molecule has 6 heteroatoms. The molecule has 2 fully saturated rings. The van der Waals surface area contributed by atoms with Crippen molar-refractivity contribution in [3.05, 3.63) is 18.1 Å². The maximum atomic E-state index is 9.24. The van der Waals surface area contributed by atoms with Gasteiger partial charge in [-0.15, -0.1) is 0 Å². The first-order valence-electron chi connectivity index (χ1n) is 7.03. The molecule has 2 saturated heterocycles. The molecule has 2 aliphatic heterocycles. The van der Waals surface area contributed by atoms with E-state index in [1.54, 1.807) is 12.5 Å². The zero-order chi connectivity index (χ0) is 13.6. The molecule has 0 radical (unpaired) electrons. The van der Waals surface area contributed by atoms with Gasteiger partial charge in [-0.3, -0.25) is 0 Å². The van der Waals surface area contributed by atoms with Crippen LogP contribution >= 0.6 is 0 Å². The van der Waals surface area contributed by atoms with Gasteiger partial charge in [0.15, 0.2) is 0 Å². The fraction of sp³-hybridized carbons (Fsp3) is 0.500. The van der Waals surface area contributed by atoms with E-state index in [1.807, 2.05) is 0 Å². The van der Waals surface area contributed by atoms with Crippen LogP contribution in [0.5, 0.6) is 0 Å². The summed E-state index contributed by atoms with van der Waals surface area (Å²) in [6, 6.07) is 2.22. The van der Waals surface area contributed by atoms with Gasteiger partial charge in [-0.25, -0.2) is 9.97 Å². The van der Waals surface area contributed by atoms with Gasteiger partial charge in [0.1, 0.15) is 23.9 Å². The lowest BCUT2D eigenvalue weighted by molar-refractivity contribution is 0.418. The Morgan fingerprint density at radius 2 is 2.30 bits per heavy atom. The molecule has 20 heavy (non-hydrogen) atoms. The highest BCUT2D eigenvalue weighted by atomic mass is 15.3. The predicted molar refractivity (Wildman–Crippen MR) is 75.4 cm³/mol. The third-order valence-electron chi connectivity index (χ3n) is 4.56. The lowest BCUT2D eigenvalue weighted by atomic mass is 9.97. The number of hydrogen-bond acceptors (Lipinski definition) is 5. The molecule has 4 heterocycles. The number of nitrogens with zero attached hydrogens (tertiary/aromatic N) is 4. The van der Waals surface area contributed by atoms with E-state index >= 15 is 0 Å². The molecular weight excluding hydrogens is 252 g/mol. The van der Waals surface area contributed by atoms with E-state index in [9.17, 15) is 5.26 Å². The Morgan fingerprint density at radius 1 is 1.35 bits per heavy atom. The van der Waals surface area contributed by atoms with Crippen LogP contribution in [0.3, 0.4) is 0 Å². The SMILES string of the molecule is N#Cc1c[nH]c2ncnc(N3CCC4(CCCN4)C3)c12. The largest absolute Gasteiger partial charge is 0.354 e. The normalized spacial score (nSPS) is 25.6. The molecule has 0 aromatic carbocycles. The van der Waals surface area contributed by atoms with E-state index < -0.39 is 0 Å². The van der Waals surface area contributed by atoms with Crippen LogP contribution in [0.1, 0.15) is 24.8 Å². The molecule has 2 N–H and O–H groups in total. The summed E-state index contributed by atoms with van der Waals surface area (Å²) in [5, 5.41) is 13.7. The number of H-pyrrole nitrogens is 1. The van der Waals surface area contributed by atoms with Crippen LogP contribution in [0, 0.1) is 11.3 Å². The van der Waals surface area contributed by atoms with Crippen LogP contribution < -0.4 is 10.2 Å². The van der Waals surface area contributed by atoms with E-state index in [4.69, 9.17) is 0 Å². The first kappa shape index (κ1) is 11.7. The monoisotopic (exact) mass is 268 g/mol. The highest BCUT2D eigenvalue weighted by molar-refractivity contribution is 5.92. The van der Waals surface area contributed by atoms with Gasteiger partial charge in [0, 0.05) is 24.8 Å². The molecular formula is C14H16N6. The molecule has 102 valence electrons. The van der Waals surface area contributed by atoms with Crippen molar-refractivity contribution in [2.24, 2.45) is 0 Å². The number of nitriles is 1. The maximum Gasteiger partial charge on any atom is 0.144 e. The van der Waals surface area contributed by atoms with Gasteiger partial charge in [-0.05, 0) is 25.8 Å². The Bertz CT molecular complexity index is 691. The highest BCUT2D eigenvalue weighted by Gasteiger charge is 2.41. The van der Waals surface area contributed by atoms with E-state index in [-0.39, 0.29) is 5.54 Å². The van der Waals surface area contributed by atoms with E-state index in [0.717, 1.165) is 42.9 Å². The summed E-state index contributed by atoms with van der Waals surface area (Å²) in [5.41, 5.74) is 1.61. The Kier molecular flexibility index (Phi) is 2.44. The molecule has 1 unspecified atom stereocenters. The number of hydrogen-bond donors (Lipinski definition) is 2. The predicted octanol–water partition coefficient (Wildman–Crippen LogP) is 1.16. The minimum absolute atomic E-state index is 0.250. The van der Waals surface area contributed by atoms with Crippen molar-refractivity contribution in [2.75, 3.05) is 24.5 Å². The molecule has 0 amide bonds. The Balaban J connectivity index is 1.76. The Morgan fingerprint density at radius 3 is 3.10 bits per heavy atom. The second kappa shape index (κ2) is 4.18. The average molecular weight is 268 g/mol. The standard InChI is InChI=1S/C14H16N6/c15-6-10-7-16-12-11(10)13(18-9-17-12)20-5-3-14(8-20)2-1-4-19-14/h7,9,19H,1-5,8H2,(H,16,17,18). The van der Waals surface area contributed by atoms with Gasteiger partial charge in [0.25, 0.3) is 0 Å². The topological polar surface area (TPSA) is 80.6 Å². The summed E-state index contributed by atoms with van der Waals surface area (Å²) in [6.45, 7) is 3.06. The Hall–Kier alpha value is -2.13. The lowest BCUT2D eigenvalue weighted by Crippen LogP contribution is -2.42. The minimum Gasteiger partial charge on any atom is -0.354 e. The number of aromatic nitrogens is 3. The second-order valence-corrected chi connectivity index (χ2v) is 5.72. The van der Waals surface area contributed by atoms with Gasteiger partial charge in [-0.1, -0.05) is 0 Å². The number of anilines is 1. The second-order valence-electron chi connectivity index (χ2n) is 5.72. The quantitative estimate of drug-likeness (QED) is 0.811. The van der Waals surface area contributed by atoms with Gasteiger partial charge in [-0.2, -0.15) is 5.26 Å². The summed E-state index contributed by atoms with van der Waals surface area (Å²) >= 11 is 0. The molecule has 1 atom stereocenters. The van der Waals surface area contributed by atoms with Crippen LogP contribution in [0.15, 0.2) is 12.5 Å². The van der Waals surface area contributed by atoms with Crippen molar-refractivity contribution in [3.63, 3.8) is 0 Å². The summed E-state index contributed by atoms with van der Waals surface area (Å²) in [5.74, 6) is 0.887. The zero-order valence-electron chi connectivity index (χ0n) is 11.2. The van der Waals surface area contributed by atoms with Crippen molar-refractivity contribution < 1.29 is 0 Å². The number of nitrogens with one attached hydrogen (secondary N) is 2. The molecule has 6 nitrogen and oxygen atoms in total. The summed E-state index contributed by atoms with van der Waals surface area (Å²) in [4.78, 5) is 14.0. The number of rotatable bonds is 1. The van der Waals surface area contributed by atoms with Crippen molar-refractivity contribution >= 4 is 16.9 Å². The molecule has 0 saturated carbocycles. The van der Waals surface area contributed by atoms with E-state index in [0.29, 0.717) is 5.56 Å².